The summed E-state index contributed by atoms with van der Waals surface area (Å²) in [5.41, 5.74) is 4.12. The molecule has 0 spiro atoms. The maximum Gasteiger partial charge on any atom is 0.264 e. The minimum Gasteiger partial charge on any atom is -0.350 e. The highest BCUT2D eigenvalue weighted by Crippen LogP contribution is 2.28. The summed E-state index contributed by atoms with van der Waals surface area (Å²) >= 11 is 0. The predicted octanol–water partition coefficient (Wildman–Crippen LogP) is 3.33. The van der Waals surface area contributed by atoms with Crippen LogP contribution < -0.4 is 9.62 Å². The number of hydrogen-bond acceptors (Lipinski definition) is 5. The molecule has 3 rings (SSSR count). The van der Waals surface area contributed by atoms with Crippen LogP contribution in [-0.2, 0) is 21.4 Å². The molecule has 0 bridgehead atoms. The molecule has 1 N–H and O–H groups in total. The van der Waals surface area contributed by atoms with Crippen LogP contribution in [0.5, 0.6) is 0 Å². The molecule has 1 amide bonds. The molecule has 2 aromatic carbocycles. The number of carbonyl (C=O) groups is 2. The fourth-order valence-electron chi connectivity index (χ4n) is 3.20. The lowest BCUT2D eigenvalue weighted by Gasteiger charge is -2.26. The number of aldehydes is 1. The van der Waals surface area contributed by atoms with Crippen LogP contribution in [0, 0.1) is 20.8 Å². The molecule has 0 saturated heterocycles. The Bertz CT molecular complexity index is 1240. The number of hydrogen-bond donors (Lipinski definition) is 1. The Morgan fingerprint density at radius 1 is 1.06 bits per heavy atom. The van der Waals surface area contributed by atoms with Gasteiger partial charge >= 0.3 is 0 Å². The second kappa shape index (κ2) is 9.74. The Morgan fingerprint density at radius 3 is 2.47 bits per heavy atom. The monoisotopic (exact) mass is 451 g/mol. The predicted molar refractivity (Wildman–Crippen MR) is 123 cm³/mol. The summed E-state index contributed by atoms with van der Waals surface area (Å²) in [7, 11) is -3.98. The molecule has 0 unspecified atom stereocenters. The van der Waals surface area contributed by atoms with Crippen LogP contribution in [0.2, 0.25) is 0 Å². The van der Waals surface area contributed by atoms with Gasteiger partial charge in [-0.3, -0.25) is 18.9 Å². The smallest absolute Gasteiger partial charge is 0.264 e. The van der Waals surface area contributed by atoms with Crippen LogP contribution in [-0.4, -0.2) is 32.1 Å². The Morgan fingerprint density at radius 2 is 1.78 bits per heavy atom. The molecule has 3 aromatic rings. The summed E-state index contributed by atoms with van der Waals surface area (Å²) in [4.78, 5) is 27.8. The molecule has 0 atom stereocenters. The molecule has 32 heavy (non-hydrogen) atoms. The highest BCUT2D eigenvalue weighted by atomic mass is 32.2. The van der Waals surface area contributed by atoms with Crippen molar-refractivity contribution in [3.05, 3.63) is 88.7 Å². The molecule has 0 aliphatic rings. The van der Waals surface area contributed by atoms with Gasteiger partial charge in [0, 0.05) is 24.5 Å². The third-order valence-electron chi connectivity index (χ3n) is 5.18. The molecule has 1 aromatic heterocycles. The van der Waals surface area contributed by atoms with E-state index in [1.807, 2.05) is 26.8 Å². The number of amides is 1. The van der Waals surface area contributed by atoms with Crippen LogP contribution in [0.25, 0.3) is 0 Å². The number of carbonyl (C=O) groups excluding carboxylic acids is 2. The van der Waals surface area contributed by atoms with E-state index in [1.54, 1.807) is 36.5 Å². The van der Waals surface area contributed by atoms with Gasteiger partial charge in [0.2, 0.25) is 5.91 Å². The minimum atomic E-state index is -3.98. The maximum absolute atomic E-state index is 13.5. The van der Waals surface area contributed by atoms with E-state index < -0.39 is 15.9 Å². The van der Waals surface area contributed by atoms with Crippen LogP contribution >= 0.6 is 0 Å². The van der Waals surface area contributed by atoms with Crippen molar-refractivity contribution in [2.75, 3.05) is 10.8 Å². The van der Waals surface area contributed by atoms with Crippen molar-refractivity contribution in [2.45, 2.75) is 32.2 Å². The van der Waals surface area contributed by atoms with Gasteiger partial charge < -0.3 is 5.32 Å². The van der Waals surface area contributed by atoms with Crippen molar-refractivity contribution in [1.82, 2.24) is 10.3 Å². The van der Waals surface area contributed by atoms with Gasteiger partial charge in [-0.05, 0) is 61.7 Å². The lowest BCUT2D eigenvalue weighted by molar-refractivity contribution is -0.119. The molecule has 8 heteroatoms. The number of nitrogens with zero attached hydrogens (tertiary/aromatic N) is 2. The standard InChI is InChI=1S/C24H25N3O4S/c1-17-7-9-22(10-8-17)32(30,31)27(23-6-4-5-18(2)19(23)3)15-24(29)26-14-20-11-21(16-28)13-25-12-20/h4-13,16H,14-15H2,1-3H3,(H,26,29). The topological polar surface area (TPSA) is 96.4 Å². The number of pyridine rings is 1. The van der Waals surface area contributed by atoms with Crippen molar-refractivity contribution in [3.8, 4) is 0 Å². The second-order valence-corrected chi connectivity index (χ2v) is 9.43. The zero-order valence-corrected chi connectivity index (χ0v) is 19.0. The van der Waals surface area contributed by atoms with E-state index in [9.17, 15) is 18.0 Å². The van der Waals surface area contributed by atoms with E-state index in [1.165, 1.54) is 18.3 Å². The summed E-state index contributed by atoms with van der Waals surface area (Å²) in [6.07, 6.45) is 3.64. The van der Waals surface area contributed by atoms with E-state index in [2.05, 4.69) is 10.3 Å². The van der Waals surface area contributed by atoms with Crippen molar-refractivity contribution in [1.29, 1.82) is 0 Å². The molecule has 166 valence electrons. The van der Waals surface area contributed by atoms with Crippen molar-refractivity contribution < 1.29 is 18.0 Å². The van der Waals surface area contributed by atoms with Gasteiger partial charge in [-0.25, -0.2) is 8.42 Å². The Balaban J connectivity index is 1.90. The lowest BCUT2D eigenvalue weighted by Crippen LogP contribution is -2.41. The van der Waals surface area contributed by atoms with Gasteiger partial charge in [0.1, 0.15) is 6.54 Å². The lowest BCUT2D eigenvalue weighted by atomic mass is 10.1. The van der Waals surface area contributed by atoms with Gasteiger partial charge in [0.15, 0.2) is 6.29 Å². The van der Waals surface area contributed by atoms with Crippen molar-refractivity contribution in [2.24, 2.45) is 0 Å². The fraction of sp³-hybridized carbons (Fsp3) is 0.208. The van der Waals surface area contributed by atoms with Crippen LogP contribution in [0.4, 0.5) is 5.69 Å². The number of rotatable bonds is 8. The zero-order chi connectivity index (χ0) is 23.3. The number of benzene rings is 2. The number of sulfonamides is 1. The quantitative estimate of drug-likeness (QED) is 0.530. The first kappa shape index (κ1) is 23.1. The summed E-state index contributed by atoms with van der Waals surface area (Å²) < 4.78 is 28.1. The van der Waals surface area contributed by atoms with Crippen LogP contribution in [0.1, 0.15) is 32.6 Å². The molecule has 0 aliphatic heterocycles. The van der Waals surface area contributed by atoms with Crippen LogP contribution in [0.3, 0.4) is 0 Å². The first-order valence-corrected chi connectivity index (χ1v) is 11.5. The largest absolute Gasteiger partial charge is 0.350 e. The minimum absolute atomic E-state index is 0.111. The van der Waals surface area contributed by atoms with E-state index in [0.717, 1.165) is 21.0 Å². The summed E-state index contributed by atoms with van der Waals surface area (Å²) in [5, 5.41) is 2.72. The van der Waals surface area contributed by atoms with Gasteiger partial charge in [0.25, 0.3) is 10.0 Å². The number of aryl methyl sites for hydroxylation is 2. The Kier molecular flexibility index (Phi) is 7.05. The Hall–Kier alpha value is -3.52. The van der Waals surface area contributed by atoms with Crippen molar-refractivity contribution in [3.63, 3.8) is 0 Å². The number of aromatic nitrogens is 1. The second-order valence-electron chi connectivity index (χ2n) is 7.56. The van der Waals surface area contributed by atoms with E-state index >= 15 is 0 Å². The van der Waals surface area contributed by atoms with Crippen LogP contribution in [0.15, 0.2) is 65.8 Å². The molecule has 0 aliphatic carbocycles. The molecular formula is C24H25N3O4S. The third kappa shape index (κ3) is 5.20. The first-order valence-electron chi connectivity index (χ1n) is 10.0. The summed E-state index contributed by atoms with van der Waals surface area (Å²) in [6.45, 7) is 5.33. The van der Waals surface area contributed by atoms with Gasteiger partial charge in [0.05, 0.1) is 10.6 Å². The SMILES string of the molecule is Cc1ccc(S(=O)(=O)N(CC(=O)NCc2cncc(C=O)c2)c2cccc(C)c2C)cc1. The van der Waals surface area contributed by atoms with Gasteiger partial charge in [-0.15, -0.1) is 0 Å². The molecular weight excluding hydrogens is 426 g/mol. The average Bonchev–Trinajstić information content (AvgIpc) is 2.78. The Labute approximate surface area is 188 Å². The van der Waals surface area contributed by atoms with Gasteiger partial charge in [-0.1, -0.05) is 29.8 Å². The summed E-state index contributed by atoms with van der Waals surface area (Å²) in [6, 6.07) is 13.5. The molecule has 7 nitrogen and oxygen atoms in total. The highest BCUT2D eigenvalue weighted by molar-refractivity contribution is 7.92. The molecule has 0 saturated carbocycles. The van der Waals surface area contributed by atoms with E-state index in [4.69, 9.17) is 0 Å². The van der Waals surface area contributed by atoms with E-state index in [0.29, 0.717) is 23.1 Å². The number of nitrogens with one attached hydrogen (secondary N) is 1. The van der Waals surface area contributed by atoms with Crippen molar-refractivity contribution >= 4 is 27.9 Å². The van der Waals surface area contributed by atoms with Gasteiger partial charge in [-0.2, -0.15) is 0 Å². The molecule has 0 fully saturated rings. The normalized spacial score (nSPS) is 11.1. The zero-order valence-electron chi connectivity index (χ0n) is 18.2. The first-order chi connectivity index (χ1) is 15.2. The average molecular weight is 452 g/mol. The van der Waals surface area contributed by atoms with E-state index in [-0.39, 0.29) is 18.0 Å². The fourth-order valence-corrected chi connectivity index (χ4v) is 4.68. The molecule has 1 heterocycles. The number of anilines is 1. The molecule has 0 radical (unpaired) electrons. The summed E-state index contributed by atoms with van der Waals surface area (Å²) in [5.74, 6) is -0.474. The third-order valence-corrected chi connectivity index (χ3v) is 6.96. The highest BCUT2D eigenvalue weighted by Gasteiger charge is 2.28. The maximum atomic E-state index is 13.5.